The number of rotatable bonds is 4. The molecule has 0 N–H and O–H groups in total. The lowest BCUT2D eigenvalue weighted by atomic mass is 10.1. The zero-order chi connectivity index (χ0) is 14.8. The highest BCUT2D eigenvalue weighted by molar-refractivity contribution is 6.88. The Labute approximate surface area is 125 Å². The van der Waals surface area contributed by atoms with Crippen LogP contribution >= 0.6 is 0 Å². The molecule has 1 unspecified atom stereocenters. The maximum Gasteiger partial charge on any atom is 0.227 e. The Morgan fingerprint density at radius 2 is 1.85 bits per heavy atom. The second-order valence-electron chi connectivity index (χ2n) is 7.69. The van der Waals surface area contributed by atoms with Crippen molar-refractivity contribution in [1.82, 2.24) is 0 Å². The fraction of sp³-hybridized carbons (Fsp3) is 0.667. The van der Waals surface area contributed by atoms with Gasteiger partial charge in [0.1, 0.15) is 0 Å². The van der Waals surface area contributed by atoms with Crippen molar-refractivity contribution in [3.63, 3.8) is 0 Å². The zero-order valence-corrected chi connectivity index (χ0v) is 14.8. The third-order valence-electron chi connectivity index (χ3n) is 4.27. The van der Waals surface area contributed by atoms with Crippen LogP contribution in [0.3, 0.4) is 0 Å². The van der Waals surface area contributed by atoms with Gasteiger partial charge in [0.15, 0.2) is 0 Å². The molecular formula is C18H30OSi. The second-order valence-corrected chi connectivity index (χ2v) is 11.6. The van der Waals surface area contributed by atoms with Crippen molar-refractivity contribution in [2.75, 3.05) is 0 Å². The van der Waals surface area contributed by atoms with E-state index in [0.717, 1.165) is 11.5 Å². The van der Waals surface area contributed by atoms with E-state index < -0.39 is 8.32 Å². The van der Waals surface area contributed by atoms with E-state index in [-0.39, 0.29) is 5.60 Å². The molecule has 1 aliphatic heterocycles. The largest absolute Gasteiger partial charge is 0.407 e. The van der Waals surface area contributed by atoms with E-state index in [4.69, 9.17) is 4.43 Å². The summed E-state index contributed by atoms with van der Waals surface area (Å²) in [7, 11) is -1.84. The van der Waals surface area contributed by atoms with Crippen molar-refractivity contribution in [2.45, 2.75) is 71.1 Å². The third kappa shape index (κ3) is 3.53. The maximum atomic E-state index is 6.82. The Morgan fingerprint density at radius 1 is 1.20 bits per heavy atom. The summed E-state index contributed by atoms with van der Waals surface area (Å²) in [5.74, 6) is 0.761. The molecule has 1 fully saturated rings. The lowest BCUT2D eigenvalue weighted by Gasteiger charge is -2.40. The molecule has 0 aliphatic carbocycles. The first-order valence-corrected chi connectivity index (χ1v) is 10.3. The van der Waals surface area contributed by atoms with E-state index >= 15 is 0 Å². The predicted octanol–water partition coefficient (Wildman–Crippen LogP) is 4.86. The number of benzene rings is 1. The van der Waals surface area contributed by atoms with E-state index in [1.165, 1.54) is 30.5 Å². The molecule has 20 heavy (non-hydrogen) atoms. The molecular weight excluding hydrogens is 260 g/mol. The SMILES string of the molecule is CC(C)C[C@H]1CCC[Si]1(OC(C)(C)C)c1ccccc1. The van der Waals surface area contributed by atoms with Gasteiger partial charge in [-0.3, -0.25) is 0 Å². The second kappa shape index (κ2) is 6.03. The van der Waals surface area contributed by atoms with Gasteiger partial charge in [0.25, 0.3) is 0 Å². The van der Waals surface area contributed by atoms with Crippen molar-refractivity contribution in [2.24, 2.45) is 5.92 Å². The van der Waals surface area contributed by atoms with Gasteiger partial charge in [0, 0.05) is 5.60 Å². The van der Waals surface area contributed by atoms with Crippen LogP contribution in [0.25, 0.3) is 0 Å². The number of hydrogen-bond donors (Lipinski definition) is 0. The van der Waals surface area contributed by atoms with E-state index in [1.807, 2.05) is 0 Å². The summed E-state index contributed by atoms with van der Waals surface area (Å²) in [6.07, 6.45) is 4.02. The summed E-state index contributed by atoms with van der Waals surface area (Å²) in [5.41, 5.74) is 0.742. The highest BCUT2D eigenvalue weighted by Crippen LogP contribution is 2.45. The van der Waals surface area contributed by atoms with Crippen molar-refractivity contribution < 1.29 is 4.43 Å². The summed E-state index contributed by atoms with van der Waals surface area (Å²) < 4.78 is 6.82. The maximum absolute atomic E-state index is 6.82. The Hall–Kier alpha value is -0.603. The van der Waals surface area contributed by atoms with Crippen LogP contribution in [0.15, 0.2) is 30.3 Å². The summed E-state index contributed by atoms with van der Waals surface area (Å²) in [6.45, 7) is 11.3. The standard InChI is InChI=1S/C18H30OSi/c1-15(2)14-17-12-9-13-20(17,19-18(3,4)5)16-10-7-6-8-11-16/h6-8,10-11,15,17H,9,12-14H2,1-5H3/t17-,20?/m1/s1. The van der Waals surface area contributed by atoms with E-state index in [9.17, 15) is 0 Å². The quantitative estimate of drug-likeness (QED) is 0.719. The first-order chi connectivity index (χ1) is 9.33. The Morgan fingerprint density at radius 3 is 2.40 bits per heavy atom. The zero-order valence-electron chi connectivity index (χ0n) is 13.8. The third-order valence-corrected chi connectivity index (χ3v) is 9.49. The molecule has 1 aliphatic rings. The molecule has 2 atom stereocenters. The average Bonchev–Trinajstić information content (AvgIpc) is 2.71. The van der Waals surface area contributed by atoms with Crippen molar-refractivity contribution in [1.29, 1.82) is 0 Å². The van der Waals surface area contributed by atoms with Crippen LogP contribution < -0.4 is 5.19 Å². The van der Waals surface area contributed by atoms with Gasteiger partial charge < -0.3 is 4.43 Å². The Balaban J connectivity index is 2.38. The van der Waals surface area contributed by atoms with Crippen LogP contribution in [-0.2, 0) is 4.43 Å². The molecule has 1 aromatic carbocycles. The van der Waals surface area contributed by atoms with Crippen LogP contribution in [0.4, 0.5) is 0 Å². The first-order valence-electron chi connectivity index (χ1n) is 8.09. The number of hydrogen-bond acceptors (Lipinski definition) is 1. The molecule has 2 rings (SSSR count). The van der Waals surface area contributed by atoms with Crippen LogP contribution in [-0.4, -0.2) is 13.9 Å². The summed E-state index contributed by atoms with van der Waals surface area (Å²) >= 11 is 0. The molecule has 1 aromatic rings. The minimum absolute atomic E-state index is 0.0400. The molecule has 0 bridgehead atoms. The fourth-order valence-electron chi connectivity index (χ4n) is 3.77. The van der Waals surface area contributed by atoms with Crippen LogP contribution in [0, 0.1) is 5.92 Å². The molecule has 112 valence electrons. The smallest absolute Gasteiger partial charge is 0.227 e. The molecule has 1 heterocycles. The molecule has 0 amide bonds. The normalized spacial score (nSPS) is 27.2. The first kappa shape index (κ1) is 15.8. The van der Waals surface area contributed by atoms with Gasteiger partial charge in [-0.1, -0.05) is 57.0 Å². The van der Waals surface area contributed by atoms with Gasteiger partial charge in [-0.2, -0.15) is 0 Å². The van der Waals surface area contributed by atoms with Crippen LogP contribution in [0.5, 0.6) is 0 Å². The minimum atomic E-state index is -1.84. The Bertz CT molecular complexity index is 421. The summed E-state index contributed by atoms with van der Waals surface area (Å²) in [6, 6.07) is 12.4. The van der Waals surface area contributed by atoms with Crippen LogP contribution in [0.2, 0.25) is 11.6 Å². The molecule has 0 radical (unpaired) electrons. The highest BCUT2D eigenvalue weighted by atomic mass is 28.4. The van der Waals surface area contributed by atoms with Crippen molar-refractivity contribution in [3.05, 3.63) is 30.3 Å². The average molecular weight is 291 g/mol. The highest BCUT2D eigenvalue weighted by Gasteiger charge is 2.50. The van der Waals surface area contributed by atoms with Gasteiger partial charge in [-0.05, 0) is 49.9 Å². The summed E-state index contributed by atoms with van der Waals surface area (Å²) in [4.78, 5) is 0. The predicted molar refractivity (Wildman–Crippen MR) is 89.9 cm³/mol. The van der Waals surface area contributed by atoms with E-state index in [2.05, 4.69) is 65.0 Å². The summed E-state index contributed by atoms with van der Waals surface area (Å²) in [5, 5.41) is 1.51. The van der Waals surface area contributed by atoms with Crippen molar-refractivity contribution >= 4 is 13.5 Å². The van der Waals surface area contributed by atoms with Gasteiger partial charge >= 0.3 is 0 Å². The van der Waals surface area contributed by atoms with E-state index in [1.54, 1.807) is 0 Å². The van der Waals surface area contributed by atoms with E-state index in [0.29, 0.717) is 0 Å². The molecule has 0 saturated carbocycles. The topological polar surface area (TPSA) is 9.23 Å². The minimum Gasteiger partial charge on any atom is -0.407 e. The monoisotopic (exact) mass is 290 g/mol. The lowest BCUT2D eigenvalue weighted by Crippen LogP contribution is -2.55. The van der Waals surface area contributed by atoms with Gasteiger partial charge in [-0.25, -0.2) is 0 Å². The molecule has 0 spiro atoms. The lowest BCUT2D eigenvalue weighted by molar-refractivity contribution is 0.118. The van der Waals surface area contributed by atoms with Gasteiger partial charge in [0.2, 0.25) is 8.32 Å². The fourth-order valence-corrected chi connectivity index (χ4v) is 9.42. The molecule has 1 saturated heterocycles. The Kier molecular flexibility index (Phi) is 4.75. The van der Waals surface area contributed by atoms with Crippen LogP contribution in [0.1, 0.15) is 53.9 Å². The van der Waals surface area contributed by atoms with Crippen molar-refractivity contribution in [3.8, 4) is 0 Å². The molecule has 1 nitrogen and oxygen atoms in total. The molecule has 0 aromatic heterocycles. The van der Waals surface area contributed by atoms with Gasteiger partial charge in [0.05, 0.1) is 0 Å². The molecule has 2 heteroatoms. The van der Waals surface area contributed by atoms with Gasteiger partial charge in [-0.15, -0.1) is 0 Å².